The van der Waals surface area contributed by atoms with Gasteiger partial charge in [0.25, 0.3) is 11.8 Å². The van der Waals surface area contributed by atoms with Gasteiger partial charge in [-0.15, -0.1) is 0 Å². The molecule has 0 aliphatic carbocycles. The quantitative estimate of drug-likeness (QED) is 0.243. The lowest BCUT2D eigenvalue weighted by atomic mass is 10.1. The number of nitrogens with zero attached hydrogens (tertiary/aromatic N) is 2. The molecule has 0 bridgehead atoms. The van der Waals surface area contributed by atoms with E-state index in [1.807, 2.05) is 36.4 Å². The zero-order valence-electron chi connectivity index (χ0n) is 16.9. The molecule has 2 aromatic carbocycles. The standard InChI is InChI=1S/C23H20BrClN2O2S2/c1-2-3-6-11-26-18-10-9-15(24)12-16(18)19(21(26)28)20-22(29)27(23(30)31-20)13-14-7-4-5-8-17(14)25/h4-5,7-10,12H,2-3,6,11,13H2,1H3. The summed E-state index contributed by atoms with van der Waals surface area (Å²) < 4.78 is 1.29. The van der Waals surface area contributed by atoms with Gasteiger partial charge in [-0.05, 0) is 36.2 Å². The van der Waals surface area contributed by atoms with E-state index in [2.05, 4.69) is 22.9 Å². The summed E-state index contributed by atoms with van der Waals surface area (Å²) in [5.74, 6) is -0.387. The second-order valence-electron chi connectivity index (χ2n) is 7.38. The third-order valence-electron chi connectivity index (χ3n) is 5.33. The summed E-state index contributed by atoms with van der Waals surface area (Å²) in [6.45, 7) is 3.04. The SMILES string of the molecule is CCCCCN1C(=O)C(=C2SC(=S)N(Cc3ccccc3Cl)C2=O)c2cc(Br)ccc21. The molecule has 31 heavy (non-hydrogen) atoms. The van der Waals surface area contributed by atoms with Crippen molar-refractivity contribution in [2.75, 3.05) is 11.4 Å². The molecule has 1 saturated heterocycles. The first-order valence-corrected chi connectivity index (χ1v) is 12.4. The number of hydrogen-bond donors (Lipinski definition) is 0. The van der Waals surface area contributed by atoms with Gasteiger partial charge in [0.15, 0.2) is 0 Å². The van der Waals surface area contributed by atoms with Crippen LogP contribution in [0, 0.1) is 0 Å². The van der Waals surface area contributed by atoms with Crippen molar-refractivity contribution in [3.8, 4) is 0 Å². The Labute approximate surface area is 204 Å². The number of amides is 2. The lowest BCUT2D eigenvalue weighted by Crippen LogP contribution is -2.29. The van der Waals surface area contributed by atoms with E-state index in [4.69, 9.17) is 23.8 Å². The third kappa shape index (κ3) is 4.33. The van der Waals surface area contributed by atoms with Crippen LogP contribution in [0.5, 0.6) is 0 Å². The number of thiocarbonyl (C=S) groups is 1. The fourth-order valence-corrected chi connectivity index (χ4v) is 5.63. The summed E-state index contributed by atoms with van der Waals surface area (Å²) in [6.07, 6.45) is 3.03. The van der Waals surface area contributed by atoms with Gasteiger partial charge in [-0.3, -0.25) is 14.5 Å². The van der Waals surface area contributed by atoms with Gasteiger partial charge in [0, 0.05) is 21.6 Å². The summed E-state index contributed by atoms with van der Waals surface area (Å²) in [6, 6.07) is 13.1. The van der Waals surface area contributed by atoms with Gasteiger partial charge >= 0.3 is 0 Å². The van der Waals surface area contributed by atoms with Crippen LogP contribution < -0.4 is 4.90 Å². The predicted octanol–water partition coefficient (Wildman–Crippen LogP) is 6.41. The van der Waals surface area contributed by atoms with Crippen LogP contribution in [0.1, 0.15) is 37.3 Å². The lowest BCUT2D eigenvalue weighted by molar-refractivity contribution is -0.122. The molecule has 4 rings (SSSR count). The maximum absolute atomic E-state index is 13.4. The van der Waals surface area contributed by atoms with Crippen molar-refractivity contribution in [1.82, 2.24) is 4.90 Å². The second-order valence-corrected chi connectivity index (χ2v) is 10.3. The Bertz CT molecular complexity index is 1120. The monoisotopic (exact) mass is 534 g/mol. The minimum atomic E-state index is -0.250. The molecule has 160 valence electrons. The third-order valence-corrected chi connectivity index (χ3v) is 7.64. The summed E-state index contributed by atoms with van der Waals surface area (Å²) in [4.78, 5) is 30.5. The van der Waals surface area contributed by atoms with E-state index in [-0.39, 0.29) is 18.4 Å². The molecular weight excluding hydrogens is 516 g/mol. The molecule has 0 N–H and O–H groups in total. The highest BCUT2D eigenvalue weighted by Gasteiger charge is 2.42. The Hall–Kier alpha value is -1.67. The highest BCUT2D eigenvalue weighted by Crippen LogP contribution is 2.45. The Morgan fingerprint density at radius 1 is 1.06 bits per heavy atom. The van der Waals surface area contributed by atoms with Crippen molar-refractivity contribution in [3.05, 3.63) is 68.0 Å². The fourth-order valence-electron chi connectivity index (χ4n) is 3.75. The largest absolute Gasteiger partial charge is 0.308 e. The molecule has 0 unspecified atom stereocenters. The Balaban J connectivity index is 1.72. The maximum Gasteiger partial charge on any atom is 0.267 e. The lowest BCUT2D eigenvalue weighted by Gasteiger charge is -2.17. The van der Waals surface area contributed by atoms with Crippen molar-refractivity contribution in [3.63, 3.8) is 0 Å². The zero-order chi connectivity index (χ0) is 22.1. The van der Waals surface area contributed by atoms with Crippen molar-refractivity contribution >= 4 is 78.9 Å². The minimum absolute atomic E-state index is 0.137. The molecule has 0 saturated carbocycles. The molecule has 2 aliphatic rings. The highest BCUT2D eigenvalue weighted by molar-refractivity contribution is 9.10. The number of anilines is 1. The Morgan fingerprint density at radius 3 is 2.58 bits per heavy atom. The number of fused-ring (bicyclic) bond motifs is 1. The summed E-state index contributed by atoms with van der Waals surface area (Å²) in [7, 11) is 0. The van der Waals surface area contributed by atoms with Crippen molar-refractivity contribution in [2.45, 2.75) is 32.7 Å². The summed E-state index contributed by atoms with van der Waals surface area (Å²) in [5, 5.41) is 0.581. The molecule has 4 nitrogen and oxygen atoms in total. The van der Waals surface area contributed by atoms with E-state index < -0.39 is 0 Å². The molecule has 0 radical (unpaired) electrons. The van der Waals surface area contributed by atoms with Crippen molar-refractivity contribution < 1.29 is 9.59 Å². The van der Waals surface area contributed by atoms with E-state index in [0.717, 1.165) is 40.5 Å². The molecule has 0 atom stereocenters. The Morgan fingerprint density at radius 2 is 1.84 bits per heavy atom. The number of thioether (sulfide) groups is 1. The first-order chi connectivity index (χ1) is 14.9. The minimum Gasteiger partial charge on any atom is -0.308 e. The molecule has 0 aromatic heterocycles. The summed E-state index contributed by atoms with van der Waals surface area (Å²) in [5.41, 5.74) is 2.87. The van der Waals surface area contributed by atoms with Gasteiger partial charge < -0.3 is 4.90 Å². The molecule has 2 aromatic rings. The van der Waals surface area contributed by atoms with Gasteiger partial charge in [0.05, 0.1) is 22.7 Å². The molecular formula is C23H20BrClN2O2S2. The van der Waals surface area contributed by atoms with E-state index in [0.29, 0.717) is 26.4 Å². The number of halogens is 2. The average Bonchev–Trinajstić information content (AvgIpc) is 3.16. The number of carbonyl (C=O) groups is 2. The van der Waals surface area contributed by atoms with Crippen LogP contribution in [0.15, 0.2) is 51.8 Å². The number of carbonyl (C=O) groups excluding carboxylic acids is 2. The van der Waals surface area contributed by atoms with Crippen LogP contribution in [0.2, 0.25) is 5.02 Å². The van der Waals surface area contributed by atoms with Crippen LogP contribution in [0.25, 0.3) is 5.57 Å². The van der Waals surface area contributed by atoms with Gasteiger partial charge in [-0.25, -0.2) is 0 Å². The van der Waals surface area contributed by atoms with Crippen LogP contribution in [0.4, 0.5) is 5.69 Å². The van der Waals surface area contributed by atoms with Gasteiger partial charge in [0.1, 0.15) is 4.32 Å². The Kier molecular flexibility index (Phi) is 6.86. The normalized spacial score (nSPS) is 18.4. The first-order valence-electron chi connectivity index (χ1n) is 10.1. The number of benzene rings is 2. The van der Waals surface area contributed by atoms with Crippen molar-refractivity contribution in [1.29, 1.82) is 0 Å². The molecule has 8 heteroatoms. The smallest absolute Gasteiger partial charge is 0.267 e. The summed E-state index contributed by atoms with van der Waals surface area (Å²) >= 11 is 16.5. The highest BCUT2D eigenvalue weighted by atomic mass is 79.9. The molecule has 1 fully saturated rings. The van der Waals surface area contributed by atoms with E-state index in [1.165, 1.54) is 16.7 Å². The fraction of sp³-hybridized carbons (Fsp3) is 0.261. The van der Waals surface area contributed by atoms with Gasteiger partial charge in [-0.1, -0.05) is 89.5 Å². The number of unbranched alkanes of at least 4 members (excludes halogenated alkanes) is 2. The van der Waals surface area contributed by atoms with E-state index >= 15 is 0 Å². The molecule has 2 amide bonds. The van der Waals surface area contributed by atoms with E-state index in [9.17, 15) is 9.59 Å². The van der Waals surface area contributed by atoms with Crippen molar-refractivity contribution in [2.24, 2.45) is 0 Å². The van der Waals surface area contributed by atoms with Gasteiger partial charge in [-0.2, -0.15) is 0 Å². The van der Waals surface area contributed by atoms with Crippen LogP contribution in [-0.2, 0) is 16.1 Å². The number of rotatable bonds is 6. The molecule has 2 aliphatic heterocycles. The zero-order valence-corrected chi connectivity index (χ0v) is 20.8. The average molecular weight is 536 g/mol. The van der Waals surface area contributed by atoms with Crippen LogP contribution in [-0.4, -0.2) is 27.6 Å². The number of hydrogen-bond acceptors (Lipinski definition) is 4. The maximum atomic E-state index is 13.4. The topological polar surface area (TPSA) is 40.6 Å². The molecule has 0 spiro atoms. The first kappa shape index (κ1) is 22.5. The second kappa shape index (κ2) is 9.45. The van der Waals surface area contributed by atoms with Crippen LogP contribution >= 0.6 is 51.5 Å². The van der Waals surface area contributed by atoms with Crippen LogP contribution in [0.3, 0.4) is 0 Å². The predicted molar refractivity (Wildman–Crippen MR) is 135 cm³/mol. The van der Waals surface area contributed by atoms with E-state index in [1.54, 1.807) is 11.0 Å². The molecule has 2 heterocycles. The van der Waals surface area contributed by atoms with Gasteiger partial charge in [0.2, 0.25) is 0 Å².